The predicted molar refractivity (Wildman–Crippen MR) is 167 cm³/mol. The van der Waals surface area contributed by atoms with Crippen LogP contribution in [0.2, 0.25) is 0 Å². The zero-order valence-corrected chi connectivity index (χ0v) is 26.6. The number of benzene rings is 1. The first-order valence-electron chi connectivity index (χ1n) is 14.5. The average Bonchev–Trinajstić information content (AvgIpc) is 3.78. The highest BCUT2D eigenvalue weighted by atomic mass is 32.2. The van der Waals surface area contributed by atoms with Gasteiger partial charge < -0.3 is 19.4 Å². The molecule has 6 rings (SSSR count). The molecule has 5 heterocycles. The summed E-state index contributed by atoms with van der Waals surface area (Å²) in [5.41, 5.74) is 1.23. The molecule has 232 valence electrons. The first-order chi connectivity index (χ1) is 21.2. The number of ether oxygens (including phenoxy) is 1. The van der Waals surface area contributed by atoms with Gasteiger partial charge in [-0.3, -0.25) is 19.5 Å². The maximum absolute atomic E-state index is 13.5. The van der Waals surface area contributed by atoms with Gasteiger partial charge in [0.15, 0.2) is 15.5 Å². The zero-order chi connectivity index (χ0) is 31.1. The fraction of sp³-hybridized carbons (Fsp3) is 0.517. The Balaban J connectivity index is 1.11. The number of halogens is 1. The van der Waals surface area contributed by atoms with Gasteiger partial charge in [0, 0.05) is 44.8 Å². The summed E-state index contributed by atoms with van der Waals surface area (Å²) in [6.07, 6.45) is 1.51. The lowest BCUT2D eigenvalue weighted by atomic mass is 10.0. The minimum absolute atomic E-state index is 0.0227. The Bertz CT molecular complexity index is 1540. The topological polar surface area (TPSA) is 121 Å². The first kappa shape index (κ1) is 30.3. The number of methoxy groups -OCH3 is 1. The second kappa shape index (κ2) is 12.3. The summed E-state index contributed by atoms with van der Waals surface area (Å²) >= 11 is 2.86. The Morgan fingerprint density at radius 2 is 1.93 bits per heavy atom. The molecule has 12 nitrogen and oxygen atoms in total. The van der Waals surface area contributed by atoms with Crippen LogP contribution in [0.25, 0.3) is 11.3 Å². The van der Waals surface area contributed by atoms with Crippen LogP contribution < -0.4 is 4.90 Å². The fourth-order valence-corrected chi connectivity index (χ4v) is 7.83. The van der Waals surface area contributed by atoms with Crippen molar-refractivity contribution >= 4 is 50.4 Å². The summed E-state index contributed by atoms with van der Waals surface area (Å²) in [5, 5.41) is 19.2. The monoisotopic (exact) mass is 639 g/mol. The molecule has 2 saturated heterocycles. The van der Waals surface area contributed by atoms with Crippen molar-refractivity contribution in [2.24, 2.45) is 16.0 Å². The predicted octanol–water partition coefficient (Wildman–Crippen LogP) is 2.69. The fourth-order valence-electron chi connectivity index (χ4n) is 5.93. The Labute approximate surface area is 263 Å². The molecule has 1 amide bonds. The lowest BCUT2D eigenvalue weighted by Crippen LogP contribution is -2.56. The van der Waals surface area contributed by atoms with Crippen molar-refractivity contribution in [2.75, 3.05) is 58.8 Å². The normalized spacial score (nSPS) is 22.9. The molecule has 2 unspecified atom stereocenters. The van der Waals surface area contributed by atoms with Gasteiger partial charge >= 0.3 is 5.97 Å². The van der Waals surface area contributed by atoms with Crippen LogP contribution >= 0.6 is 23.1 Å². The molecular formula is C29H34FN9O3S2. The molecule has 0 N–H and O–H groups in total. The van der Waals surface area contributed by atoms with Gasteiger partial charge in [-0.1, -0.05) is 18.3 Å². The lowest BCUT2D eigenvalue weighted by Gasteiger charge is -2.38. The number of hydrogen-bond donors (Lipinski definition) is 0. The van der Waals surface area contributed by atoms with E-state index in [9.17, 15) is 19.2 Å². The summed E-state index contributed by atoms with van der Waals surface area (Å²) in [5.74, 6) is -0.801. The summed E-state index contributed by atoms with van der Waals surface area (Å²) in [6.45, 7) is 4.80. The highest BCUT2D eigenvalue weighted by molar-refractivity contribution is 8.26. The molecule has 44 heavy (non-hydrogen) atoms. The Hall–Kier alpha value is -3.74. The van der Waals surface area contributed by atoms with Gasteiger partial charge in [-0.2, -0.15) is 5.26 Å². The van der Waals surface area contributed by atoms with E-state index >= 15 is 0 Å². The number of nitriles is 1. The Kier molecular flexibility index (Phi) is 8.49. The maximum Gasteiger partial charge on any atom is 0.312 e. The molecule has 1 aromatic heterocycles. The minimum atomic E-state index is -0.340. The van der Waals surface area contributed by atoms with Crippen molar-refractivity contribution in [3.63, 3.8) is 0 Å². The molecule has 0 saturated carbocycles. The summed E-state index contributed by atoms with van der Waals surface area (Å²) < 4.78 is 18.3. The van der Waals surface area contributed by atoms with Crippen LogP contribution in [0.4, 0.5) is 9.52 Å². The number of rotatable bonds is 8. The number of hydrogen-bond acceptors (Lipinski definition) is 13. The van der Waals surface area contributed by atoms with Gasteiger partial charge in [0.2, 0.25) is 5.91 Å². The van der Waals surface area contributed by atoms with E-state index in [0.29, 0.717) is 40.9 Å². The largest absolute Gasteiger partial charge is 0.469 e. The Morgan fingerprint density at radius 3 is 2.61 bits per heavy atom. The SMILES string of the molecule is CCC1N=C2SC(N3CC[C@H](N(C)CC(=O)N4CC(C(=O)OC)C4)C3)=NN2C1N(C)c1nc(-c2ccc(F)cc2)c(C#N)s1. The lowest BCUT2D eigenvalue weighted by molar-refractivity contribution is -0.156. The van der Waals surface area contributed by atoms with E-state index in [4.69, 9.17) is 19.8 Å². The number of hydrazone groups is 1. The number of carbonyl (C=O) groups excluding carboxylic acids is 2. The minimum Gasteiger partial charge on any atom is -0.469 e. The van der Waals surface area contributed by atoms with Crippen molar-refractivity contribution < 1.29 is 18.7 Å². The number of fused-ring (bicyclic) bond motifs is 1. The van der Waals surface area contributed by atoms with Crippen LogP contribution in [-0.2, 0) is 14.3 Å². The molecule has 0 radical (unpaired) electrons. The van der Waals surface area contributed by atoms with Crippen LogP contribution in [0.5, 0.6) is 0 Å². The molecule has 0 spiro atoms. The molecule has 2 fully saturated rings. The number of nitrogens with zero attached hydrogens (tertiary/aromatic N) is 9. The molecule has 1 aromatic carbocycles. The first-order valence-corrected chi connectivity index (χ1v) is 16.2. The van der Waals surface area contributed by atoms with Crippen LogP contribution in [0.1, 0.15) is 24.6 Å². The standard InChI is InChI=1S/C29H34FN9O3S2/c1-5-21-25(36(3)27-33-24(22(12-31)43-27)17-6-8-19(30)9-7-17)39-28(32-21)44-29(34-39)37-11-10-20(15-37)35(2)16-23(40)38-13-18(14-38)26(41)42-4/h6-9,18,20-21,25H,5,10-11,13-16H2,1-4H3/t20-,21?,25?/m0/s1. The number of amidine groups is 2. The van der Waals surface area contributed by atoms with Crippen LogP contribution in [0.3, 0.4) is 0 Å². The summed E-state index contributed by atoms with van der Waals surface area (Å²) in [6, 6.07) is 8.42. The van der Waals surface area contributed by atoms with Gasteiger partial charge in [0.05, 0.1) is 25.6 Å². The van der Waals surface area contributed by atoms with E-state index in [1.165, 1.54) is 30.6 Å². The molecule has 4 aliphatic rings. The van der Waals surface area contributed by atoms with Crippen molar-refractivity contribution in [3.8, 4) is 17.3 Å². The average molecular weight is 640 g/mol. The highest BCUT2D eigenvalue weighted by Gasteiger charge is 2.45. The number of thioether (sulfide) groups is 1. The summed E-state index contributed by atoms with van der Waals surface area (Å²) in [7, 11) is 5.29. The molecule has 0 aliphatic carbocycles. The summed E-state index contributed by atoms with van der Waals surface area (Å²) in [4.78, 5) is 42.7. The third-order valence-corrected chi connectivity index (χ3v) is 10.7. The van der Waals surface area contributed by atoms with Crippen molar-refractivity contribution in [3.05, 3.63) is 35.0 Å². The van der Waals surface area contributed by atoms with Gasteiger partial charge in [0.25, 0.3) is 0 Å². The third kappa shape index (κ3) is 5.62. The molecule has 15 heteroatoms. The molecule has 0 bridgehead atoms. The van der Waals surface area contributed by atoms with E-state index in [2.05, 4.69) is 22.8 Å². The number of likely N-dealkylation sites (N-methyl/N-ethyl adjacent to an activating group) is 2. The number of carbonyl (C=O) groups is 2. The van der Waals surface area contributed by atoms with E-state index in [0.717, 1.165) is 36.3 Å². The number of anilines is 1. The number of amides is 1. The molecule has 2 aromatic rings. The zero-order valence-electron chi connectivity index (χ0n) is 25.0. The van der Waals surface area contributed by atoms with E-state index in [1.54, 1.807) is 28.8 Å². The van der Waals surface area contributed by atoms with Crippen LogP contribution in [-0.4, -0.2) is 119 Å². The van der Waals surface area contributed by atoms with Crippen molar-refractivity contribution in [2.45, 2.75) is 38.0 Å². The van der Waals surface area contributed by atoms with Crippen LogP contribution in [0.15, 0.2) is 34.4 Å². The van der Waals surface area contributed by atoms with E-state index < -0.39 is 0 Å². The Morgan fingerprint density at radius 1 is 1.18 bits per heavy atom. The van der Waals surface area contributed by atoms with Gasteiger partial charge in [-0.15, -0.1) is 5.10 Å². The molecule has 4 aliphatic heterocycles. The van der Waals surface area contributed by atoms with Crippen molar-refractivity contribution in [1.29, 1.82) is 5.26 Å². The second-order valence-corrected chi connectivity index (χ2v) is 13.3. The molecule has 3 atom stereocenters. The third-order valence-electron chi connectivity index (χ3n) is 8.61. The van der Waals surface area contributed by atoms with Gasteiger partial charge in [0.1, 0.15) is 28.6 Å². The van der Waals surface area contributed by atoms with Gasteiger partial charge in [-0.25, -0.2) is 14.4 Å². The number of aromatic nitrogens is 1. The number of likely N-dealkylation sites (tertiary alicyclic amines) is 2. The van der Waals surface area contributed by atoms with Gasteiger partial charge in [-0.05, 0) is 55.9 Å². The highest BCUT2D eigenvalue weighted by Crippen LogP contribution is 2.39. The smallest absolute Gasteiger partial charge is 0.312 e. The quantitative estimate of drug-likeness (QED) is 0.399. The van der Waals surface area contributed by atoms with Crippen molar-refractivity contribution in [1.82, 2.24) is 24.7 Å². The number of thiazole rings is 1. The van der Waals surface area contributed by atoms with E-state index in [1.807, 2.05) is 24.0 Å². The second-order valence-electron chi connectivity index (χ2n) is 11.4. The van der Waals surface area contributed by atoms with E-state index in [-0.39, 0.29) is 41.9 Å². The molecular weight excluding hydrogens is 606 g/mol. The number of esters is 1. The van der Waals surface area contributed by atoms with Crippen LogP contribution in [0, 0.1) is 23.1 Å². The number of aliphatic imine (C=N–C) groups is 1. The maximum atomic E-state index is 13.5.